The van der Waals surface area contributed by atoms with Crippen molar-refractivity contribution >= 4 is 5.97 Å². The van der Waals surface area contributed by atoms with E-state index in [1.54, 1.807) is 0 Å². The number of esters is 1. The molecule has 1 fully saturated rings. The van der Waals surface area contributed by atoms with E-state index in [9.17, 15) is 4.79 Å². The van der Waals surface area contributed by atoms with E-state index in [1.165, 1.54) is 0 Å². The van der Waals surface area contributed by atoms with Crippen LogP contribution in [0.2, 0.25) is 0 Å². The first kappa shape index (κ1) is 18.4. The first-order valence-corrected chi connectivity index (χ1v) is 8.27. The number of hydrogen-bond acceptors (Lipinski definition) is 5. The molecule has 1 aliphatic heterocycles. The van der Waals surface area contributed by atoms with E-state index < -0.39 is 5.54 Å². The molecule has 2 unspecified atom stereocenters. The molecule has 0 amide bonds. The highest BCUT2D eigenvalue weighted by Crippen LogP contribution is 2.16. The van der Waals surface area contributed by atoms with Gasteiger partial charge in [0.2, 0.25) is 0 Å². The summed E-state index contributed by atoms with van der Waals surface area (Å²) in [6.07, 6.45) is 1.81. The van der Waals surface area contributed by atoms with Gasteiger partial charge >= 0.3 is 5.97 Å². The van der Waals surface area contributed by atoms with Gasteiger partial charge in [-0.05, 0) is 47.2 Å². The van der Waals surface area contributed by atoms with Crippen LogP contribution in [0.3, 0.4) is 0 Å². The van der Waals surface area contributed by atoms with Crippen LogP contribution < -0.4 is 5.32 Å². The van der Waals surface area contributed by atoms with Crippen molar-refractivity contribution in [2.45, 2.75) is 52.1 Å². The first-order valence-electron chi connectivity index (χ1n) is 8.27. The Kier molecular flexibility index (Phi) is 7.63. The molecule has 21 heavy (non-hydrogen) atoms. The van der Waals surface area contributed by atoms with Gasteiger partial charge in [-0.1, -0.05) is 6.92 Å². The molecule has 2 atom stereocenters. The Morgan fingerprint density at radius 1 is 1.38 bits per heavy atom. The lowest BCUT2D eigenvalue weighted by Crippen LogP contribution is -2.55. The molecule has 124 valence electrons. The highest BCUT2D eigenvalue weighted by atomic mass is 16.5. The number of piperazine rings is 1. The zero-order chi connectivity index (χ0) is 15.9. The van der Waals surface area contributed by atoms with Crippen molar-refractivity contribution in [2.75, 3.05) is 46.4 Å². The summed E-state index contributed by atoms with van der Waals surface area (Å²) < 4.78 is 5.26. The summed E-state index contributed by atoms with van der Waals surface area (Å²) in [5.41, 5.74) is -0.574. The van der Waals surface area contributed by atoms with Crippen LogP contribution in [0.25, 0.3) is 0 Å². The van der Waals surface area contributed by atoms with Crippen LogP contribution in [0.4, 0.5) is 0 Å². The van der Waals surface area contributed by atoms with Crippen LogP contribution in [0, 0.1) is 0 Å². The van der Waals surface area contributed by atoms with Gasteiger partial charge in [-0.3, -0.25) is 9.69 Å². The number of carbonyl (C=O) groups is 1. The zero-order valence-corrected chi connectivity index (χ0v) is 14.4. The molecule has 1 aliphatic rings. The Labute approximate surface area is 130 Å². The Hall–Kier alpha value is -0.650. The van der Waals surface area contributed by atoms with Crippen LogP contribution in [0.15, 0.2) is 0 Å². The molecular formula is C16H33N3O2. The van der Waals surface area contributed by atoms with Gasteiger partial charge in [0, 0.05) is 32.2 Å². The maximum absolute atomic E-state index is 12.3. The Bertz CT molecular complexity index is 325. The second-order valence-electron chi connectivity index (χ2n) is 6.38. The van der Waals surface area contributed by atoms with E-state index >= 15 is 0 Å². The average molecular weight is 299 g/mol. The molecule has 1 rings (SSSR count). The van der Waals surface area contributed by atoms with Crippen molar-refractivity contribution in [1.82, 2.24) is 15.1 Å². The van der Waals surface area contributed by atoms with Crippen LogP contribution in [0.5, 0.6) is 0 Å². The van der Waals surface area contributed by atoms with Crippen molar-refractivity contribution < 1.29 is 9.53 Å². The predicted octanol–water partition coefficient (Wildman–Crippen LogP) is 1.33. The third-order valence-corrected chi connectivity index (χ3v) is 4.36. The lowest BCUT2D eigenvalue weighted by Gasteiger charge is -2.40. The minimum Gasteiger partial charge on any atom is -0.465 e. The largest absolute Gasteiger partial charge is 0.465 e. The third-order valence-electron chi connectivity index (χ3n) is 4.36. The minimum atomic E-state index is -0.574. The summed E-state index contributed by atoms with van der Waals surface area (Å²) >= 11 is 0. The molecule has 1 N–H and O–H groups in total. The van der Waals surface area contributed by atoms with Crippen molar-refractivity contribution in [3.8, 4) is 0 Å². The fourth-order valence-electron chi connectivity index (χ4n) is 2.83. The second kappa shape index (κ2) is 8.71. The lowest BCUT2D eigenvalue weighted by molar-refractivity contribution is -0.151. The summed E-state index contributed by atoms with van der Waals surface area (Å²) in [7, 11) is 2.17. The fraction of sp³-hybridized carbons (Fsp3) is 0.938. The van der Waals surface area contributed by atoms with E-state index in [2.05, 4.69) is 36.0 Å². The molecule has 0 radical (unpaired) electrons. The van der Waals surface area contributed by atoms with E-state index in [-0.39, 0.29) is 5.97 Å². The van der Waals surface area contributed by atoms with E-state index in [0.717, 1.165) is 45.6 Å². The van der Waals surface area contributed by atoms with E-state index in [0.29, 0.717) is 12.6 Å². The van der Waals surface area contributed by atoms with Gasteiger partial charge in [0.05, 0.1) is 6.61 Å². The second-order valence-corrected chi connectivity index (χ2v) is 6.38. The summed E-state index contributed by atoms with van der Waals surface area (Å²) in [6, 6.07) is 0.543. The maximum atomic E-state index is 12.3. The normalized spacial score (nSPS) is 23.8. The van der Waals surface area contributed by atoms with Gasteiger partial charge in [0.25, 0.3) is 0 Å². The number of ether oxygens (including phenoxy) is 1. The molecule has 0 aromatic heterocycles. The topological polar surface area (TPSA) is 44.8 Å². The Morgan fingerprint density at radius 3 is 2.67 bits per heavy atom. The number of nitrogens with one attached hydrogen (secondary N) is 1. The van der Waals surface area contributed by atoms with Gasteiger partial charge in [-0.15, -0.1) is 0 Å². The third kappa shape index (κ3) is 5.57. The summed E-state index contributed by atoms with van der Waals surface area (Å²) in [4.78, 5) is 17.1. The number of hydrogen-bond donors (Lipinski definition) is 1. The predicted molar refractivity (Wildman–Crippen MR) is 86.5 cm³/mol. The summed E-state index contributed by atoms with van der Waals surface area (Å²) in [6.45, 7) is 13.7. The minimum absolute atomic E-state index is 0.125. The Balaban J connectivity index is 2.57. The van der Waals surface area contributed by atoms with E-state index in [1.807, 2.05) is 13.8 Å². The number of likely N-dealkylation sites (N-methyl/N-ethyl adjacent to an activating group) is 1. The molecule has 0 spiro atoms. The fourth-order valence-corrected chi connectivity index (χ4v) is 2.83. The number of rotatable bonds is 8. The van der Waals surface area contributed by atoms with Crippen molar-refractivity contribution in [3.63, 3.8) is 0 Å². The molecule has 5 nitrogen and oxygen atoms in total. The first-order chi connectivity index (χ1) is 9.92. The molecule has 1 saturated heterocycles. The quantitative estimate of drug-likeness (QED) is 0.685. The lowest BCUT2D eigenvalue weighted by atomic mass is 9.96. The zero-order valence-electron chi connectivity index (χ0n) is 14.4. The monoisotopic (exact) mass is 299 g/mol. The molecule has 0 aromatic rings. The molecule has 5 heteroatoms. The average Bonchev–Trinajstić information content (AvgIpc) is 2.44. The van der Waals surface area contributed by atoms with Gasteiger partial charge in [-0.2, -0.15) is 0 Å². The molecular weight excluding hydrogens is 266 g/mol. The van der Waals surface area contributed by atoms with Gasteiger partial charge < -0.3 is 15.0 Å². The molecule has 0 bridgehead atoms. The summed E-state index contributed by atoms with van der Waals surface area (Å²) in [5.74, 6) is -0.125. The van der Waals surface area contributed by atoms with Crippen molar-refractivity contribution in [1.29, 1.82) is 0 Å². The van der Waals surface area contributed by atoms with Gasteiger partial charge in [-0.25, -0.2) is 0 Å². The van der Waals surface area contributed by atoms with Crippen LogP contribution in [-0.2, 0) is 9.53 Å². The number of nitrogens with zero attached hydrogens (tertiary/aromatic N) is 2. The molecule has 0 aliphatic carbocycles. The van der Waals surface area contributed by atoms with Crippen LogP contribution in [-0.4, -0.2) is 73.7 Å². The highest BCUT2D eigenvalue weighted by molar-refractivity contribution is 5.80. The molecule has 0 saturated carbocycles. The smallest absolute Gasteiger partial charge is 0.326 e. The number of carbonyl (C=O) groups excluding carboxylic acids is 1. The molecule has 1 heterocycles. The molecule has 0 aromatic carbocycles. The van der Waals surface area contributed by atoms with E-state index in [4.69, 9.17) is 4.74 Å². The SMILES string of the molecule is CCCNC(C)(CCN1CCN(C)CC1C)C(=O)OCC. The van der Waals surface area contributed by atoms with Crippen molar-refractivity contribution in [2.24, 2.45) is 0 Å². The summed E-state index contributed by atoms with van der Waals surface area (Å²) in [5, 5.41) is 3.38. The highest BCUT2D eigenvalue weighted by Gasteiger charge is 2.35. The van der Waals surface area contributed by atoms with Crippen LogP contribution in [0.1, 0.15) is 40.5 Å². The standard InChI is InChI=1S/C16H33N3O2/c1-6-9-17-16(4,15(20)21-7-2)8-10-19-12-11-18(5)13-14(19)3/h14,17H,6-13H2,1-5H3. The van der Waals surface area contributed by atoms with Gasteiger partial charge in [0.15, 0.2) is 0 Å². The Morgan fingerprint density at radius 2 is 2.10 bits per heavy atom. The van der Waals surface area contributed by atoms with Gasteiger partial charge in [0.1, 0.15) is 5.54 Å². The van der Waals surface area contributed by atoms with Crippen molar-refractivity contribution in [3.05, 3.63) is 0 Å². The maximum Gasteiger partial charge on any atom is 0.326 e. The van der Waals surface area contributed by atoms with Crippen LogP contribution >= 0.6 is 0 Å².